The van der Waals surface area contributed by atoms with Crippen LogP contribution in [0.3, 0.4) is 0 Å². The molecule has 0 aromatic heterocycles. The standard InChI is InChI=1S/C15H23NO2/c1-4-18-14-10-12(6-7-13(14)17-3)11-16-15(2)8-5-9-15/h6-7,10,16H,4-5,8-9,11H2,1-3H3. The fourth-order valence-corrected chi connectivity index (χ4v) is 2.30. The molecule has 0 atom stereocenters. The number of nitrogens with one attached hydrogen (secondary N) is 1. The van der Waals surface area contributed by atoms with Gasteiger partial charge in [-0.1, -0.05) is 6.07 Å². The van der Waals surface area contributed by atoms with Crippen LogP contribution in [-0.4, -0.2) is 19.3 Å². The molecule has 1 aliphatic carbocycles. The first-order chi connectivity index (χ1) is 8.67. The molecule has 3 nitrogen and oxygen atoms in total. The van der Waals surface area contributed by atoms with Crippen LogP contribution in [0.1, 0.15) is 38.7 Å². The second kappa shape index (κ2) is 5.61. The van der Waals surface area contributed by atoms with E-state index < -0.39 is 0 Å². The van der Waals surface area contributed by atoms with Crippen molar-refractivity contribution in [3.05, 3.63) is 23.8 Å². The number of hydrogen-bond donors (Lipinski definition) is 1. The lowest BCUT2D eigenvalue weighted by Crippen LogP contribution is -2.47. The summed E-state index contributed by atoms with van der Waals surface area (Å²) in [6.07, 6.45) is 3.90. The van der Waals surface area contributed by atoms with Crippen LogP contribution in [0, 0.1) is 0 Å². The molecule has 0 radical (unpaired) electrons. The summed E-state index contributed by atoms with van der Waals surface area (Å²) in [5.41, 5.74) is 1.58. The average molecular weight is 249 g/mol. The molecule has 0 bridgehead atoms. The Kier molecular flexibility index (Phi) is 4.12. The molecular weight excluding hydrogens is 226 g/mol. The molecule has 3 heteroatoms. The third-order valence-electron chi connectivity index (χ3n) is 3.70. The molecule has 100 valence electrons. The van der Waals surface area contributed by atoms with Crippen molar-refractivity contribution in [1.82, 2.24) is 5.32 Å². The molecule has 1 fully saturated rings. The summed E-state index contributed by atoms with van der Waals surface area (Å²) in [6.45, 7) is 5.83. The van der Waals surface area contributed by atoms with Gasteiger partial charge in [-0.25, -0.2) is 0 Å². The highest BCUT2D eigenvalue weighted by molar-refractivity contribution is 5.43. The quantitative estimate of drug-likeness (QED) is 0.840. The van der Waals surface area contributed by atoms with Crippen LogP contribution < -0.4 is 14.8 Å². The van der Waals surface area contributed by atoms with Gasteiger partial charge in [0.25, 0.3) is 0 Å². The van der Waals surface area contributed by atoms with Gasteiger partial charge in [-0.2, -0.15) is 0 Å². The predicted octanol–water partition coefficient (Wildman–Crippen LogP) is 3.13. The topological polar surface area (TPSA) is 30.5 Å². The Morgan fingerprint density at radius 1 is 1.28 bits per heavy atom. The van der Waals surface area contributed by atoms with Crippen molar-refractivity contribution >= 4 is 0 Å². The van der Waals surface area contributed by atoms with Gasteiger partial charge < -0.3 is 14.8 Å². The SMILES string of the molecule is CCOc1cc(CNC2(C)CCC2)ccc1OC. The molecule has 1 aromatic rings. The van der Waals surface area contributed by atoms with Crippen molar-refractivity contribution in [1.29, 1.82) is 0 Å². The normalized spacial score (nSPS) is 17.1. The minimum Gasteiger partial charge on any atom is -0.493 e. The summed E-state index contributed by atoms with van der Waals surface area (Å²) in [5.74, 6) is 1.63. The van der Waals surface area contributed by atoms with Gasteiger partial charge in [-0.15, -0.1) is 0 Å². The first-order valence-corrected chi connectivity index (χ1v) is 6.71. The Morgan fingerprint density at radius 3 is 2.61 bits per heavy atom. The Hall–Kier alpha value is -1.22. The summed E-state index contributed by atoms with van der Waals surface area (Å²) in [7, 11) is 1.67. The lowest BCUT2D eigenvalue weighted by atomic mass is 9.78. The number of benzene rings is 1. The van der Waals surface area contributed by atoms with E-state index in [1.807, 2.05) is 13.0 Å². The second-order valence-corrected chi connectivity index (χ2v) is 5.19. The molecule has 1 saturated carbocycles. The fraction of sp³-hybridized carbons (Fsp3) is 0.600. The van der Waals surface area contributed by atoms with Crippen LogP contribution in [0.15, 0.2) is 18.2 Å². The number of rotatable bonds is 6. The van der Waals surface area contributed by atoms with E-state index in [2.05, 4.69) is 24.4 Å². The van der Waals surface area contributed by atoms with Crippen LogP contribution in [0.5, 0.6) is 11.5 Å². The minimum absolute atomic E-state index is 0.339. The van der Waals surface area contributed by atoms with Crippen LogP contribution in [0.4, 0.5) is 0 Å². The lowest BCUT2D eigenvalue weighted by Gasteiger charge is -2.39. The van der Waals surface area contributed by atoms with E-state index in [1.165, 1.54) is 24.8 Å². The van der Waals surface area contributed by atoms with Gasteiger partial charge in [-0.05, 0) is 50.8 Å². The van der Waals surface area contributed by atoms with Gasteiger partial charge in [-0.3, -0.25) is 0 Å². The van der Waals surface area contributed by atoms with E-state index in [4.69, 9.17) is 9.47 Å². The van der Waals surface area contributed by atoms with Crippen LogP contribution in [0.25, 0.3) is 0 Å². The molecule has 0 spiro atoms. The van der Waals surface area contributed by atoms with Crippen molar-refractivity contribution in [2.75, 3.05) is 13.7 Å². The van der Waals surface area contributed by atoms with Gasteiger partial charge in [0.05, 0.1) is 13.7 Å². The van der Waals surface area contributed by atoms with Crippen LogP contribution in [-0.2, 0) is 6.54 Å². The largest absolute Gasteiger partial charge is 0.493 e. The zero-order chi connectivity index (χ0) is 13.0. The number of hydrogen-bond acceptors (Lipinski definition) is 3. The van der Waals surface area contributed by atoms with E-state index >= 15 is 0 Å². The first kappa shape index (κ1) is 13.2. The highest BCUT2D eigenvalue weighted by Gasteiger charge is 2.30. The van der Waals surface area contributed by atoms with Crippen molar-refractivity contribution in [2.45, 2.75) is 45.2 Å². The minimum atomic E-state index is 0.339. The summed E-state index contributed by atoms with van der Waals surface area (Å²) >= 11 is 0. The van der Waals surface area contributed by atoms with E-state index in [0.29, 0.717) is 12.1 Å². The fourth-order valence-electron chi connectivity index (χ4n) is 2.30. The summed E-state index contributed by atoms with van der Waals surface area (Å²) in [4.78, 5) is 0. The smallest absolute Gasteiger partial charge is 0.161 e. The van der Waals surface area contributed by atoms with Crippen LogP contribution >= 0.6 is 0 Å². The van der Waals surface area contributed by atoms with E-state index in [0.717, 1.165) is 18.0 Å². The monoisotopic (exact) mass is 249 g/mol. The molecule has 0 saturated heterocycles. The molecular formula is C15H23NO2. The van der Waals surface area contributed by atoms with Crippen molar-refractivity contribution < 1.29 is 9.47 Å². The molecule has 0 heterocycles. The molecule has 1 aliphatic rings. The predicted molar refractivity (Wildman–Crippen MR) is 73.3 cm³/mol. The molecule has 1 N–H and O–H groups in total. The van der Waals surface area contributed by atoms with Crippen molar-refractivity contribution in [3.8, 4) is 11.5 Å². The molecule has 2 rings (SSSR count). The zero-order valence-electron chi connectivity index (χ0n) is 11.6. The zero-order valence-corrected chi connectivity index (χ0v) is 11.6. The third-order valence-corrected chi connectivity index (χ3v) is 3.70. The summed E-state index contributed by atoms with van der Waals surface area (Å²) < 4.78 is 10.9. The number of ether oxygens (including phenoxy) is 2. The molecule has 1 aromatic carbocycles. The highest BCUT2D eigenvalue weighted by Crippen LogP contribution is 2.32. The van der Waals surface area contributed by atoms with Gasteiger partial charge in [0.2, 0.25) is 0 Å². The van der Waals surface area contributed by atoms with Crippen molar-refractivity contribution in [3.63, 3.8) is 0 Å². The number of methoxy groups -OCH3 is 1. The van der Waals surface area contributed by atoms with E-state index in [1.54, 1.807) is 7.11 Å². The Balaban J connectivity index is 2.01. The van der Waals surface area contributed by atoms with Gasteiger partial charge in [0.15, 0.2) is 11.5 Å². The Bertz CT molecular complexity index is 399. The highest BCUT2D eigenvalue weighted by atomic mass is 16.5. The van der Waals surface area contributed by atoms with Crippen LogP contribution in [0.2, 0.25) is 0 Å². The second-order valence-electron chi connectivity index (χ2n) is 5.19. The Labute approximate surface area is 109 Å². The molecule has 0 aliphatic heterocycles. The maximum Gasteiger partial charge on any atom is 0.161 e. The van der Waals surface area contributed by atoms with E-state index in [-0.39, 0.29) is 0 Å². The maximum absolute atomic E-state index is 5.59. The van der Waals surface area contributed by atoms with Gasteiger partial charge >= 0.3 is 0 Å². The van der Waals surface area contributed by atoms with Crippen molar-refractivity contribution in [2.24, 2.45) is 0 Å². The molecule has 0 unspecified atom stereocenters. The van der Waals surface area contributed by atoms with Gasteiger partial charge in [0.1, 0.15) is 0 Å². The maximum atomic E-state index is 5.59. The molecule has 18 heavy (non-hydrogen) atoms. The lowest BCUT2D eigenvalue weighted by molar-refractivity contribution is 0.206. The average Bonchev–Trinajstić information content (AvgIpc) is 2.35. The van der Waals surface area contributed by atoms with Gasteiger partial charge in [0, 0.05) is 12.1 Å². The summed E-state index contributed by atoms with van der Waals surface area (Å²) in [5, 5.41) is 3.62. The first-order valence-electron chi connectivity index (χ1n) is 6.71. The third kappa shape index (κ3) is 2.96. The molecule has 0 amide bonds. The van der Waals surface area contributed by atoms with E-state index in [9.17, 15) is 0 Å². The Morgan fingerprint density at radius 2 is 2.06 bits per heavy atom. The summed E-state index contributed by atoms with van der Waals surface area (Å²) in [6, 6.07) is 6.14.